The quantitative estimate of drug-likeness (QED) is 0.882. The number of benzene rings is 1. The maximum absolute atomic E-state index is 5.94. The Morgan fingerprint density at radius 3 is 2.79 bits per heavy atom. The van der Waals surface area contributed by atoms with Gasteiger partial charge in [-0.05, 0) is 67.2 Å². The molecular formula is C17H25NO. The minimum absolute atomic E-state index is 0.694. The van der Waals surface area contributed by atoms with E-state index in [1.54, 1.807) is 11.1 Å². The molecule has 0 aromatic heterocycles. The van der Waals surface area contributed by atoms with E-state index in [1.165, 1.54) is 44.1 Å². The highest BCUT2D eigenvalue weighted by atomic mass is 16.5. The Balaban J connectivity index is 1.50. The van der Waals surface area contributed by atoms with Crippen molar-refractivity contribution in [1.29, 1.82) is 0 Å². The van der Waals surface area contributed by atoms with E-state index < -0.39 is 0 Å². The van der Waals surface area contributed by atoms with E-state index in [9.17, 15) is 0 Å². The van der Waals surface area contributed by atoms with Crippen molar-refractivity contribution in [2.75, 3.05) is 13.2 Å². The average molecular weight is 259 g/mol. The number of aryl methyl sites for hydroxylation is 2. The molecule has 104 valence electrons. The van der Waals surface area contributed by atoms with E-state index >= 15 is 0 Å². The van der Waals surface area contributed by atoms with Crippen molar-refractivity contribution < 1.29 is 4.74 Å². The van der Waals surface area contributed by atoms with Gasteiger partial charge in [0.05, 0.1) is 13.2 Å². The zero-order valence-corrected chi connectivity index (χ0v) is 11.7. The molecular weight excluding hydrogens is 234 g/mol. The first-order valence-electron chi connectivity index (χ1n) is 7.75. The molecule has 0 aliphatic heterocycles. The molecule has 0 heterocycles. The first-order chi connectivity index (χ1) is 9.36. The van der Waals surface area contributed by atoms with Crippen LogP contribution in [0.25, 0.3) is 0 Å². The molecule has 19 heavy (non-hydrogen) atoms. The number of hydrogen-bond donors (Lipinski definition) is 1. The van der Waals surface area contributed by atoms with Crippen LogP contribution in [0.5, 0.6) is 0 Å². The van der Waals surface area contributed by atoms with Gasteiger partial charge in [0, 0.05) is 0 Å². The van der Waals surface area contributed by atoms with Gasteiger partial charge in [-0.3, -0.25) is 0 Å². The van der Waals surface area contributed by atoms with E-state index in [-0.39, 0.29) is 0 Å². The van der Waals surface area contributed by atoms with Crippen LogP contribution in [0.2, 0.25) is 0 Å². The molecule has 1 aromatic carbocycles. The Bertz CT molecular complexity index is 429. The third-order valence-corrected chi connectivity index (χ3v) is 4.88. The number of hydrogen-bond acceptors (Lipinski definition) is 2. The Kier molecular flexibility index (Phi) is 4.19. The fourth-order valence-corrected chi connectivity index (χ4v) is 3.69. The van der Waals surface area contributed by atoms with Crippen LogP contribution < -0.4 is 5.73 Å². The van der Waals surface area contributed by atoms with Crippen LogP contribution in [0.15, 0.2) is 18.2 Å². The average Bonchev–Trinajstić information content (AvgIpc) is 3.06. The normalized spacial score (nSPS) is 25.7. The Morgan fingerprint density at radius 2 is 1.89 bits per heavy atom. The topological polar surface area (TPSA) is 35.2 Å². The number of nitrogens with two attached hydrogens (primary N) is 1. The van der Waals surface area contributed by atoms with Gasteiger partial charge in [-0.25, -0.2) is 0 Å². The molecule has 2 N–H and O–H groups in total. The minimum Gasteiger partial charge on any atom is -0.376 e. The molecule has 2 unspecified atom stereocenters. The van der Waals surface area contributed by atoms with Crippen LogP contribution in [-0.4, -0.2) is 13.2 Å². The van der Waals surface area contributed by atoms with Crippen molar-refractivity contribution in [3.63, 3.8) is 0 Å². The lowest BCUT2D eigenvalue weighted by atomic mass is 9.97. The number of ether oxygens (including phenoxy) is 1. The standard InChI is InChI=1S/C17H25NO/c18-10-16-5-2-6-17(16)12-19-11-13-7-8-14-3-1-4-15(14)9-13/h7-9,16-17H,1-6,10-12,18H2. The van der Waals surface area contributed by atoms with Gasteiger partial charge in [0.2, 0.25) is 0 Å². The molecule has 2 aliphatic rings. The van der Waals surface area contributed by atoms with E-state index in [4.69, 9.17) is 10.5 Å². The van der Waals surface area contributed by atoms with Crippen molar-refractivity contribution in [2.45, 2.75) is 45.1 Å². The molecule has 0 spiro atoms. The summed E-state index contributed by atoms with van der Waals surface area (Å²) in [6.45, 7) is 2.48. The molecule has 0 bridgehead atoms. The SMILES string of the molecule is NCC1CCCC1COCc1ccc2c(c1)CCC2. The van der Waals surface area contributed by atoms with E-state index in [1.807, 2.05) is 0 Å². The maximum atomic E-state index is 5.94. The van der Waals surface area contributed by atoms with Gasteiger partial charge in [0.25, 0.3) is 0 Å². The van der Waals surface area contributed by atoms with Gasteiger partial charge >= 0.3 is 0 Å². The van der Waals surface area contributed by atoms with Gasteiger partial charge in [-0.2, -0.15) is 0 Å². The van der Waals surface area contributed by atoms with Crippen LogP contribution in [0, 0.1) is 11.8 Å². The molecule has 2 nitrogen and oxygen atoms in total. The summed E-state index contributed by atoms with van der Waals surface area (Å²) in [5.41, 5.74) is 10.2. The fourth-order valence-electron chi connectivity index (χ4n) is 3.69. The molecule has 2 atom stereocenters. The molecule has 3 rings (SSSR count). The van der Waals surface area contributed by atoms with Crippen molar-refractivity contribution >= 4 is 0 Å². The van der Waals surface area contributed by atoms with Crippen LogP contribution in [0.4, 0.5) is 0 Å². The van der Waals surface area contributed by atoms with Crippen LogP contribution in [0.3, 0.4) is 0 Å². The van der Waals surface area contributed by atoms with Crippen molar-refractivity contribution in [2.24, 2.45) is 17.6 Å². The highest BCUT2D eigenvalue weighted by molar-refractivity contribution is 5.34. The van der Waals surface area contributed by atoms with Crippen LogP contribution >= 0.6 is 0 Å². The summed E-state index contributed by atoms with van der Waals surface area (Å²) >= 11 is 0. The van der Waals surface area contributed by atoms with Crippen molar-refractivity contribution in [3.05, 3.63) is 34.9 Å². The highest BCUT2D eigenvalue weighted by Gasteiger charge is 2.25. The maximum Gasteiger partial charge on any atom is 0.0717 e. The number of rotatable bonds is 5. The highest BCUT2D eigenvalue weighted by Crippen LogP contribution is 2.31. The third-order valence-electron chi connectivity index (χ3n) is 4.88. The molecule has 0 saturated heterocycles. The Labute approximate surface area is 116 Å². The van der Waals surface area contributed by atoms with E-state index in [0.29, 0.717) is 11.8 Å². The second-order valence-corrected chi connectivity index (χ2v) is 6.16. The first-order valence-corrected chi connectivity index (χ1v) is 7.75. The summed E-state index contributed by atoms with van der Waals surface area (Å²) in [6.07, 6.45) is 7.75. The summed E-state index contributed by atoms with van der Waals surface area (Å²) in [7, 11) is 0. The summed E-state index contributed by atoms with van der Waals surface area (Å²) in [5.74, 6) is 1.39. The monoisotopic (exact) mass is 259 g/mol. The predicted octanol–water partition coefficient (Wildman–Crippen LogP) is 3.07. The van der Waals surface area contributed by atoms with Crippen LogP contribution in [0.1, 0.15) is 42.4 Å². The van der Waals surface area contributed by atoms with Crippen molar-refractivity contribution in [3.8, 4) is 0 Å². The van der Waals surface area contributed by atoms with Gasteiger partial charge in [-0.15, -0.1) is 0 Å². The zero-order chi connectivity index (χ0) is 13.1. The molecule has 1 fully saturated rings. The second-order valence-electron chi connectivity index (χ2n) is 6.16. The summed E-state index contributed by atoms with van der Waals surface area (Å²) < 4.78 is 5.94. The summed E-state index contributed by atoms with van der Waals surface area (Å²) in [4.78, 5) is 0. The Morgan fingerprint density at radius 1 is 1.05 bits per heavy atom. The molecule has 1 saturated carbocycles. The third kappa shape index (κ3) is 3.01. The Hall–Kier alpha value is -0.860. The molecule has 2 heteroatoms. The lowest BCUT2D eigenvalue weighted by molar-refractivity contribution is 0.0753. The van der Waals surface area contributed by atoms with Crippen molar-refractivity contribution in [1.82, 2.24) is 0 Å². The van der Waals surface area contributed by atoms with E-state index in [2.05, 4.69) is 18.2 Å². The molecule has 1 aromatic rings. The van der Waals surface area contributed by atoms with Gasteiger partial charge in [0.15, 0.2) is 0 Å². The van der Waals surface area contributed by atoms with Gasteiger partial charge in [-0.1, -0.05) is 24.6 Å². The molecule has 2 aliphatic carbocycles. The largest absolute Gasteiger partial charge is 0.376 e. The lowest BCUT2D eigenvalue weighted by Gasteiger charge is -2.17. The molecule has 0 amide bonds. The van der Waals surface area contributed by atoms with E-state index in [0.717, 1.165) is 19.8 Å². The first kappa shape index (κ1) is 13.1. The van der Waals surface area contributed by atoms with Gasteiger partial charge < -0.3 is 10.5 Å². The summed E-state index contributed by atoms with van der Waals surface area (Å²) in [6, 6.07) is 6.87. The zero-order valence-electron chi connectivity index (χ0n) is 11.7. The molecule has 0 radical (unpaired) electrons. The summed E-state index contributed by atoms with van der Waals surface area (Å²) in [5, 5.41) is 0. The predicted molar refractivity (Wildman–Crippen MR) is 78.0 cm³/mol. The number of fused-ring (bicyclic) bond motifs is 1. The van der Waals surface area contributed by atoms with Crippen LogP contribution in [-0.2, 0) is 24.2 Å². The lowest BCUT2D eigenvalue weighted by Crippen LogP contribution is -2.22. The van der Waals surface area contributed by atoms with Gasteiger partial charge in [0.1, 0.15) is 0 Å². The second kappa shape index (κ2) is 6.06. The minimum atomic E-state index is 0.694. The smallest absolute Gasteiger partial charge is 0.0717 e. The fraction of sp³-hybridized carbons (Fsp3) is 0.647.